The number of non-ortho nitro benzene ring substituents is 1. The minimum absolute atomic E-state index is 0.0472. The van der Waals surface area contributed by atoms with Crippen molar-refractivity contribution in [2.24, 2.45) is 0 Å². The molecule has 19 heavy (non-hydrogen) atoms. The number of rotatable bonds is 4. The van der Waals surface area contributed by atoms with Gasteiger partial charge in [-0.15, -0.1) is 0 Å². The average Bonchev–Trinajstić information content (AvgIpc) is 2.41. The Morgan fingerprint density at radius 1 is 1.47 bits per heavy atom. The van der Waals surface area contributed by atoms with Crippen molar-refractivity contribution in [3.8, 4) is 0 Å². The first kappa shape index (κ1) is 14.1. The molecular formula is C13H17ClN2O3. The molecule has 1 aliphatic carbocycles. The van der Waals surface area contributed by atoms with E-state index in [1.807, 2.05) is 0 Å². The summed E-state index contributed by atoms with van der Waals surface area (Å²) in [4.78, 5) is 10.4. The quantitative estimate of drug-likeness (QED) is 0.677. The highest BCUT2D eigenvalue weighted by Gasteiger charge is 2.22. The summed E-state index contributed by atoms with van der Waals surface area (Å²) in [5, 5.41) is 14.6. The predicted octanol–water partition coefficient (Wildman–Crippen LogP) is 3.62. The van der Waals surface area contributed by atoms with Crippen LogP contribution in [0.25, 0.3) is 0 Å². The van der Waals surface area contributed by atoms with Crippen molar-refractivity contribution in [2.45, 2.75) is 37.8 Å². The Hall–Kier alpha value is -1.33. The highest BCUT2D eigenvalue weighted by Crippen LogP contribution is 2.30. The van der Waals surface area contributed by atoms with Gasteiger partial charge < -0.3 is 10.1 Å². The van der Waals surface area contributed by atoms with Crippen LogP contribution in [-0.2, 0) is 4.74 Å². The number of benzene rings is 1. The molecule has 1 fully saturated rings. The lowest BCUT2D eigenvalue weighted by Gasteiger charge is -2.29. The van der Waals surface area contributed by atoms with Crippen LogP contribution < -0.4 is 5.32 Å². The molecule has 104 valence electrons. The van der Waals surface area contributed by atoms with Crippen molar-refractivity contribution in [3.63, 3.8) is 0 Å². The Labute approximate surface area is 117 Å². The van der Waals surface area contributed by atoms with Crippen molar-refractivity contribution in [1.82, 2.24) is 0 Å². The van der Waals surface area contributed by atoms with Crippen LogP contribution in [0.15, 0.2) is 18.2 Å². The van der Waals surface area contributed by atoms with Gasteiger partial charge in [-0.3, -0.25) is 10.1 Å². The van der Waals surface area contributed by atoms with E-state index >= 15 is 0 Å². The third-order valence-electron chi connectivity index (χ3n) is 3.48. The van der Waals surface area contributed by atoms with Crippen LogP contribution in [-0.4, -0.2) is 24.2 Å². The van der Waals surface area contributed by atoms with Crippen molar-refractivity contribution < 1.29 is 9.66 Å². The molecule has 6 heteroatoms. The molecular weight excluding hydrogens is 268 g/mol. The number of halogens is 1. The molecule has 0 bridgehead atoms. The smallest absolute Gasteiger partial charge is 0.271 e. The molecule has 1 N–H and O–H groups in total. The first-order valence-corrected chi connectivity index (χ1v) is 6.71. The first-order valence-electron chi connectivity index (χ1n) is 6.33. The Morgan fingerprint density at radius 3 is 2.95 bits per heavy atom. The molecule has 1 saturated carbocycles. The molecule has 2 unspecified atom stereocenters. The summed E-state index contributed by atoms with van der Waals surface area (Å²) in [6, 6.07) is 4.70. The standard InChI is InChI=1S/C13H17ClN2O3/c1-19-11-4-2-3-9(7-11)15-13-8-10(16(17)18)5-6-12(13)14/h5-6,8-9,11,15H,2-4,7H2,1H3. The summed E-state index contributed by atoms with van der Waals surface area (Å²) in [6.07, 6.45) is 4.33. The van der Waals surface area contributed by atoms with Crippen LogP contribution in [0, 0.1) is 10.1 Å². The summed E-state index contributed by atoms with van der Waals surface area (Å²) in [5.74, 6) is 0. The van der Waals surface area contributed by atoms with Gasteiger partial charge in [0.1, 0.15) is 0 Å². The maximum atomic E-state index is 10.8. The molecule has 1 aromatic carbocycles. The molecule has 1 aromatic rings. The number of nitrogens with one attached hydrogen (secondary N) is 1. The largest absolute Gasteiger partial charge is 0.381 e. The summed E-state index contributed by atoms with van der Waals surface area (Å²) >= 11 is 6.07. The van der Waals surface area contributed by atoms with E-state index in [1.54, 1.807) is 13.2 Å². The third-order valence-corrected chi connectivity index (χ3v) is 3.81. The second-order valence-electron chi connectivity index (χ2n) is 4.79. The lowest BCUT2D eigenvalue weighted by Crippen LogP contribution is -2.31. The van der Waals surface area contributed by atoms with Crippen LogP contribution >= 0.6 is 11.6 Å². The second kappa shape index (κ2) is 6.21. The Bertz CT molecular complexity index is 467. The SMILES string of the molecule is COC1CCCC(Nc2cc([N+](=O)[O-])ccc2Cl)C1. The van der Waals surface area contributed by atoms with Crippen LogP contribution in [0.4, 0.5) is 11.4 Å². The van der Waals surface area contributed by atoms with Gasteiger partial charge >= 0.3 is 0 Å². The van der Waals surface area contributed by atoms with E-state index in [0.29, 0.717) is 10.7 Å². The van der Waals surface area contributed by atoms with Crippen molar-refractivity contribution >= 4 is 23.0 Å². The molecule has 1 aliphatic rings. The van der Waals surface area contributed by atoms with Crippen LogP contribution in [0.1, 0.15) is 25.7 Å². The summed E-state index contributed by atoms with van der Waals surface area (Å²) in [6.45, 7) is 0. The predicted molar refractivity (Wildman–Crippen MR) is 74.8 cm³/mol. The number of ether oxygens (including phenoxy) is 1. The summed E-state index contributed by atoms with van der Waals surface area (Å²) in [5.41, 5.74) is 0.670. The maximum absolute atomic E-state index is 10.8. The van der Waals surface area contributed by atoms with E-state index < -0.39 is 4.92 Å². The van der Waals surface area contributed by atoms with Crippen molar-refractivity contribution in [1.29, 1.82) is 0 Å². The number of hydrogen-bond donors (Lipinski definition) is 1. The molecule has 0 radical (unpaired) electrons. The number of anilines is 1. The van der Waals surface area contributed by atoms with E-state index in [4.69, 9.17) is 16.3 Å². The van der Waals surface area contributed by atoms with Gasteiger partial charge in [-0.25, -0.2) is 0 Å². The van der Waals surface area contributed by atoms with Gasteiger partial charge in [0.15, 0.2) is 0 Å². The molecule has 0 spiro atoms. The van der Waals surface area contributed by atoms with Gasteiger partial charge in [-0.05, 0) is 31.7 Å². The number of nitro benzene ring substituents is 1. The molecule has 0 aliphatic heterocycles. The average molecular weight is 285 g/mol. The second-order valence-corrected chi connectivity index (χ2v) is 5.19. The van der Waals surface area contributed by atoms with Crippen molar-refractivity contribution in [3.05, 3.63) is 33.3 Å². The van der Waals surface area contributed by atoms with Crippen LogP contribution in [0.3, 0.4) is 0 Å². The lowest BCUT2D eigenvalue weighted by molar-refractivity contribution is -0.384. The number of nitro groups is 1. The normalized spacial score (nSPS) is 23.1. The zero-order valence-corrected chi connectivity index (χ0v) is 11.5. The zero-order valence-electron chi connectivity index (χ0n) is 10.8. The fourth-order valence-electron chi connectivity index (χ4n) is 2.45. The van der Waals surface area contributed by atoms with Gasteiger partial charge in [0.2, 0.25) is 0 Å². The lowest BCUT2D eigenvalue weighted by atomic mass is 9.92. The Balaban J connectivity index is 2.09. The minimum atomic E-state index is -0.416. The summed E-state index contributed by atoms with van der Waals surface area (Å²) in [7, 11) is 1.72. The van der Waals surface area contributed by atoms with E-state index in [9.17, 15) is 10.1 Å². The van der Waals surface area contributed by atoms with Gasteiger partial charge in [0.05, 0.1) is 21.7 Å². The first-order chi connectivity index (χ1) is 9.10. The van der Waals surface area contributed by atoms with E-state index in [-0.39, 0.29) is 17.8 Å². The molecule has 0 amide bonds. The molecule has 2 atom stereocenters. The molecule has 0 heterocycles. The number of methoxy groups -OCH3 is 1. The molecule has 5 nitrogen and oxygen atoms in total. The Kier molecular flexibility index (Phi) is 4.61. The number of hydrogen-bond acceptors (Lipinski definition) is 4. The van der Waals surface area contributed by atoms with Crippen LogP contribution in [0.5, 0.6) is 0 Å². The van der Waals surface area contributed by atoms with Gasteiger partial charge in [0, 0.05) is 25.3 Å². The molecule has 0 aromatic heterocycles. The van der Waals surface area contributed by atoms with E-state index in [1.165, 1.54) is 12.1 Å². The monoisotopic (exact) mass is 284 g/mol. The fraction of sp³-hybridized carbons (Fsp3) is 0.538. The zero-order chi connectivity index (χ0) is 13.8. The van der Waals surface area contributed by atoms with Gasteiger partial charge in [-0.1, -0.05) is 11.6 Å². The minimum Gasteiger partial charge on any atom is -0.381 e. The van der Waals surface area contributed by atoms with Gasteiger partial charge in [-0.2, -0.15) is 0 Å². The van der Waals surface area contributed by atoms with Crippen molar-refractivity contribution in [2.75, 3.05) is 12.4 Å². The maximum Gasteiger partial charge on any atom is 0.271 e. The van der Waals surface area contributed by atoms with E-state index in [0.717, 1.165) is 25.7 Å². The molecule has 2 rings (SSSR count). The van der Waals surface area contributed by atoms with E-state index in [2.05, 4.69) is 5.32 Å². The highest BCUT2D eigenvalue weighted by atomic mass is 35.5. The highest BCUT2D eigenvalue weighted by molar-refractivity contribution is 6.33. The fourth-order valence-corrected chi connectivity index (χ4v) is 2.62. The number of nitrogens with zero attached hydrogens (tertiary/aromatic N) is 1. The summed E-state index contributed by atoms with van der Waals surface area (Å²) < 4.78 is 5.37. The van der Waals surface area contributed by atoms with Crippen LogP contribution in [0.2, 0.25) is 5.02 Å². The Morgan fingerprint density at radius 2 is 2.26 bits per heavy atom. The van der Waals surface area contributed by atoms with Gasteiger partial charge in [0.25, 0.3) is 5.69 Å². The third kappa shape index (κ3) is 3.58. The molecule has 0 saturated heterocycles. The topological polar surface area (TPSA) is 64.4 Å².